The topological polar surface area (TPSA) is 55.1 Å². The summed E-state index contributed by atoms with van der Waals surface area (Å²) in [6.07, 6.45) is 3.59. The van der Waals surface area contributed by atoms with Gasteiger partial charge in [0.05, 0.1) is 0 Å². The first-order valence-electron chi connectivity index (χ1n) is 7.49. The molecule has 1 amide bonds. The van der Waals surface area contributed by atoms with Gasteiger partial charge in [0.1, 0.15) is 45.8 Å². The number of nitrogens with zero attached hydrogens (tertiary/aromatic N) is 2. The van der Waals surface area contributed by atoms with Crippen LogP contribution in [0, 0.1) is 0 Å². The van der Waals surface area contributed by atoms with Crippen LogP contribution < -0.4 is 23.5 Å². The molecule has 5 nitrogen and oxygen atoms in total. The number of hydrogen-bond donors (Lipinski definition) is 2. The van der Waals surface area contributed by atoms with E-state index in [2.05, 4.69) is 11.4 Å². The van der Waals surface area contributed by atoms with Crippen molar-refractivity contribution >= 4 is 5.91 Å². The molecule has 0 aromatic heterocycles. The standard InChI is InChI=1S/C14H25N4O.ClH/c15-14(19)12-18-8-5-17(6-9-18,7-10-18)11-13-1-3-16-4-2-13;/h1,16H,2-12H2,(H-,15,19);1H/q+1;. The van der Waals surface area contributed by atoms with Gasteiger partial charge in [0, 0.05) is 6.54 Å². The molecule has 0 atom stereocenters. The van der Waals surface area contributed by atoms with Gasteiger partial charge in [0.2, 0.25) is 0 Å². The van der Waals surface area contributed by atoms with Gasteiger partial charge < -0.3 is 32.4 Å². The first-order valence-corrected chi connectivity index (χ1v) is 7.49. The van der Waals surface area contributed by atoms with E-state index in [1.165, 1.54) is 37.1 Å². The maximum Gasteiger partial charge on any atom is 0.272 e. The van der Waals surface area contributed by atoms with E-state index >= 15 is 0 Å². The highest BCUT2D eigenvalue weighted by Crippen LogP contribution is 2.28. The molecule has 3 N–H and O–H groups in total. The predicted octanol–water partition coefficient (Wildman–Crippen LogP) is -3.94. The van der Waals surface area contributed by atoms with Gasteiger partial charge in [-0.3, -0.25) is 4.79 Å². The maximum atomic E-state index is 11.2. The van der Waals surface area contributed by atoms with Crippen LogP contribution in [0.5, 0.6) is 0 Å². The minimum atomic E-state index is -0.136. The summed E-state index contributed by atoms with van der Waals surface area (Å²) >= 11 is 0. The molecule has 0 aromatic carbocycles. The second-order valence-corrected chi connectivity index (χ2v) is 6.62. The first-order chi connectivity index (χ1) is 9.12. The number of carbonyl (C=O) groups is 1. The van der Waals surface area contributed by atoms with Crippen molar-refractivity contribution in [1.29, 1.82) is 0 Å². The highest BCUT2D eigenvalue weighted by Gasteiger charge is 2.49. The number of amides is 1. The van der Waals surface area contributed by atoms with Gasteiger partial charge in [-0.2, -0.15) is 0 Å². The minimum Gasteiger partial charge on any atom is -1.00 e. The third kappa shape index (κ3) is 3.17. The number of primary amides is 1. The van der Waals surface area contributed by atoms with E-state index in [1.807, 2.05) is 0 Å². The lowest BCUT2D eigenvalue weighted by Crippen LogP contribution is -3.00. The van der Waals surface area contributed by atoms with Crippen LogP contribution in [0.4, 0.5) is 0 Å². The normalized spacial score (nSPS) is 36.1. The van der Waals surface area contributed by atoms with Crippen LogP contribution in [0.15, 0.2) is 11.6 Å². The molecular formula is C14H26ClN4O+. The van der Waals surface area contributed by atoms with Crippen molar-refractivity contribution in [2.75, 3.05) is 65.4 Å². The molecular weight excluding hydrogens is 276 g/mol. The summed E-state index contributed by atoms with van der Waals surface area (Å²) in [4.78, 5) is 11.2. The Balaban J connectivity index is 0.00000147. The van der Waals surface area contributed by atoms with Crippen molar-refractivity contribution < 1.29 is 26.2 Å². The van der Waals surface area contributed by atoms with Crippen molar-refractivity contribution in [3.05, 3.63) is 11.6 Å². The van der Waals surface area contributed by atoms with Crippen LogP contribution in [0.3, 0.4) is 0 Å². The first kappa shape index (κ1) is 15.8. The fourth-order valence-electron chi connectivity index (χ4n) is 3.99. The molecule has 2 bridgehead atoms. The molecule has 6 heteroatoms. The van der Waals surface area contributed by atoms with Gasteiger partial charge in [-0.05, 0) is 18.5 Å². The van der Waals surface area contributed by atoms with Crippen molar-refractivity contribution in [1.82, 2.24) is 5.32 Å². The number of hydrogen-bond acceptors (Lipinski definition) is 2. The summed E-state index contributed by atoms with van der Waals surface area (Å²) in [6.45, 7) is 11.0. The minimum absolute atomic E-state index is 0. The SMILES string of the molecule is NC(=O)C[N+]12CC[N+](CC3=CCNCC3)(CC1)CC2.[Cl-]. The van der Waals surface area contributed by atoms with Gasteiger partial charge in [0.25, 0.3) is 5.91 Å². The molecule has 0 spiro atoms. The summed E-state index contributed by atoms with van der Waals surface area (Å²) in [5.74, 6) is -0.136. The van der Waals surface area contributed by atoms with E-state index in [0.717, 1.165) is 37.2 Å². The maximum absolute atomic E-state index is 11.2. The molecule has 3 saturated heterocycles. The summed E-state index contributed by atoms with van der Waals surface area (Å²) in [6, 6.07) is 0. The Morgan fingerprint density at radius 3 is 2.25 bits per heavy atom. The lowest BCUT2D eigenvalue weighted by atomic mass is 10.0. The number of quaternary nitrogens is 2. The smallest absolute Gasteiger partial charge is 0.272 e. The monoisotopic (exact) mass is 301 g/mol. The third-order valence-electron chi connectivity index (χ3n) is 5.33. The number of nitrogens with one attached hydrogen (secondary N) is 1. The number of carbonyl (C=O) groups excluding carboxylic acids is 1. The number of nitrogens with two attached hydrogens (primary N) is 1. The average Bonchev–Trinajstić information content (AvgIpc) is 2.41. The van der Waals surface area contributed by atoms with Gasteiger partial charge in [0.15, 0.2) is 6.54 Å². The molecule has 4 aliphatic rings. The Bertz CT molecular complexity index is 385. The zero-order valence-electron chi connectivity index (χ0n) is 12.1. The second-order valence-electron chi connectivity index (χ2n) is 6.62. The largest absolute Gasteiger partial charge is 1.00 e. The van der Waals surface area contributed by atoms with Gasteiger partial charge in [-0.15, -0.1) is 0 Å². The van der Waals surface area contributed by atoms with Gasteiger partial charge in [-0.1, -0.05) is 6.08 Å². The van der Waals surface area contributed by atoms with Crippen LogP contribution >= 0.6 is 0 Å². The quantitative estimate of drug-likeness (QED) is 0.411. The van der Waals surface area contributed by atoms with Crippen molar-refractivity contribution in [2.24, 2.45) is 5.73 Å². The highest BCUT2D eigenvalue weighted by molar-refractivity contribution is 5.74. The predicted molar refractivity (Wildman–Crippen MR) is 74.2 cm³/mol. The Hall–Kier alpha value is -0.620. The Labute approximate surface area is 127 Å². The summed E-state index contributed by atoms with van der Waals surface area (Å²) < 4.78 is 2.21. The van der Waals surface area contributed by atoms with Crippen molar-refractivity contribution in [3.8, 4) is 0 Å². The van der Waals surface area contributed by atoms with Crippen LogP contribution in [0.1, 0.15) is 6.42 Å². The second kappa shape index (κ2) is 6.02. The van der Waals surface area contributed by atoms with Crippen LogP contribution in [-0.4, -0.2) is 80.3 Å². The average molecular weight is 302 g/mol. The molecule has 0 saturated carbocycles. The lowest BCUT2D eigenvalue weighted by Gasteiger charge is -2.55. The van der Waals surface area contributed by atoms with Gasteiger partial charge in [-0.25, -0.2) is 0 Å². The van der Waals surface area contributed by atoms with E-state index in [9.17, 15) is 4.79 Å². The van der Waals surface area contributed by atoms with Crippen LogP contribution in [0.2, 0.25) is 0 Å². The molecule has 0 aromatic rings. The Morgan fingerprint density at radius 1 is 1.15 bits per heavy atom. The van der Waals surface area contributed by atoms with E-state index in [0.29, 0.717) is 6.54 Å². The van der Waals surface area contributed by atoms with Crippen molar-refractivity contribution in [3.63, 3.8) is 0 Å². The fraction of sp³-hybridized carbons (Fsp3) is 0.786. The number of halogens is 1. The summed E-state index contributed by atoms with van der Waals surface area (Å²) in [5, 5.41) is 3.38. The molecule has 0 aliphatic carbocycles. The molecule has 4 rings (SSSR count). The molecule has 0 unspecified atom stereocenters. The Kier molecular flexibility index (Phi) is 4.74. The van der Waals surface area contributed by atoms with Gasteiger partial charge >= 0.3 is 0 Å². The molecule has 0 radical (unpaired) electrons. The van der Waals surface area contributed by atoms with E-state index < -0.39 is 0 Å². The number of piperazine rings is 3. The zero-order chi connectivity index (χ0) is 13.3. The molecule has 3 fully saturated rings. The molecule has 20 heavy (non-hydrogen) atoms. The van der Waals surface area contributed by atoms with E-state index in [-0.39, 0.29) is 18.3 Å². The zero-order valence-corrected chi connectivity index (χ0v) is 12.9. The molecule has 114 valence electrons. The fourth-order valence-corrected chi connectivity index (χ4v) is 3.99. The van der Waals surface area contributed by atoms with E-state index in [4.69, 9.17) is 5.73 Å². The Morgan fingerprint density at radius 2 is 1.75 bits per heavy atom. The molecule has 4 heterocycles. The highest BCUT2D eigenvalue weighted by atomic mass is 35.5. The third-order valence-corrected chi connectivity index (χ3v) is 5.33. The number of rotatable bonds is 4. The number of fused-ring (bicyclic) bond motifs is 3. The van der Waals surface area contributed by atoms with Crippen LogP contribution in [-0.2, 0) is 4.79 Å². The summed E-state index contributed by atoms with van der Waals surface area (Å²) in [5.41, 5.74) is 7.04. The summed E-state index contributed by atoms with van der Waals surface area (Å²) in [7, 11) is 0. The van der Waals surface area contributed by atoms with Crippen molar-refractivity contribution in [2.45, 2.75) is 6.42 Å². The van der Waals surface area contributed by atoms with E-state index in [1.54, 1.807) is 5.57 Å². The molecule has 4 aliphatic heterocycles. The van der Waals surface area contributed by atoms with Crippen LogP contribution in [0.25, 0.3) is 0 Å². The lowest BCUT2D eigenvalue weighted by molar-refractivity contribution is -1.08.